The zero-order valence-corrected chi connectivity index (χ0v) is 16.2. The Hall–Kier alpha value is -3.35. The molecular weight excluding hydrogens is 360 g/mol. The highest BCUT2D eigenvalue weighted by atomic mass is 16.5. The molecule has 2 amide bonds. The minimum Gasteiger partial charge on any atom is -0.493 e. The third-order valence-corrected chi connectivity index (χ3v) is 3.74. The van der Waals surface area contributed by atoms with Gasteiger partial charge in [-0.2, -0.15) is 0 Å². The first-order valence-corrected chi connectivity index (χ1v) is 8.86. The van der Waals surface area contributed by atoms with E-state index in [-0.39, 0.29) is 18.9 Å². The lowest BCUT2D eigenvalue weighted by Gasteiger charge is -2.10. The second kappa shape index (κ2) is 10.1. The van der Waals surface area contributed by atoms with Crippen LogP contribution in [0.15, 0.2) is 42.5 Å². The van der Waals surface area contributed by atoms with Crippen molar-refractivity contribution in [2.75, 3.05) is 23.8 Å². The maximum Gasteiger partial charge on any atom is 0.309 e. The number of hydrogen-bond acceptors (Lipinski definition) is 5. The summed E-state index contributed by atoms with van der Waals surface area (Å²) in [7, 11) is 0. The van der Waals surface area contributed by atoms with Gasteiger partial charge in [0.1, 0.15) is 5.75 Å². The van der Waals surface area contributed by atoms with Crippen LogP contribution < -0.4 is 15.4 Å². The number of carbonyl (C=O) groups is 3. The van der Waals surface area contributed by atoms with Crippen molar-refractivity contribution in [3.63, 3.8) is 0 Å². The molecule has 0 atom stereocenters. The Morgan fingerprint density at radius 3 is 2.39 bits per heavy atom. The van der Waals surface area contributed by atoms with Gasteiger partial charge in [0.2, 0.25) is 5.91 Å². The van der Waals surface area contributed by atoms with Gasteiger partial charge in [-0.3, -0.25) is 14.4 Å². The molecule has 0 aromatic heterocycles. The van der Waals surface area contributed by atoms with Crippen LogP contribution in [0.1, 0.15) is 24.5 Å². The first-order chi connectivity index (χ1) is 13.3. The highest BCUT2D eigenvalue weighted by Gasteiger charge is 2.09. The molecule has 7 nitrogen and oxygen atoms in total. The van der Waals surface area contributed by atoms with Crippen LogP contribution in [0.2, 0.25) is 0 Å². The predicted molar refractivity (Wildman–Crippen MR) is 106 cm³/mol. The molecule has 0 bridgehead atoms. The predicted octanol–water partition coefficient (Wildman–Crippen LogP) is 3.21. The fraction of sp³-hybridized carbons (Fsp3) is 0.286. The Bertz CT molecular complexity index is 864. The van der Waals surface area contributed by atoms with Crippen molar-refractivity contribution in [2.24, 2.45) is 0 Å². The first-order valence-electron chi connectivity index (χ1n) is 8.86. The Labute approximate surface area is 164 Å². The molecule has 2 rings (SSSR count). The third kappa shape index (κ3) is 7.11. The highest BCUT2D eigenvalue weighted by Crippen LogP contribution is 2.19. The average Bonchev–Trinajstić information content (AvgIpc) is 2.62. The van der Waals surface area contributed by atoms with Crippen molar-refractivity contribution in [1.82, 2.24) is 0 Å². The van der Waals surface area contributed by atoms with Gasteiger partial charge in [0.25, 0.3) is 5.91 Å². The molecule has 0 unspecified atom stereocenters. The van der Waals surface area contributed by atoms with Crippen molar-refractivity contribution < 1.29 is 23.9 Å². The second-order valence-electron chi connectivity index (χ2n) is 6.34. The number of anilines is 2. The van der Waals surface area contributed by atoms with Gasteiger partial charge in [-0.05, 0) is 49.2 Å². The maximum atomic E-state index is 11.9. The summed E-state index contributed by atoms with van der Waals surface area (Å²) in [5, 5.41) is 5.23. The zero-order chi connectivity index (χ0) is 20.5. The number of ether oxygens (including phenoxy) is 2. The van der Waals surface area contributed by atoms with Crippen molar-refractivity contribution in [3.8, 4) is 5.75 Å². The number of esters is 1. The summed E-state index contributed by atoms with van der Waals surface area (Å²) in [5.74, 6) is -0.471. The molecule has 0 aliphatic carbocycles. The molecule has 2 aromatic rings. The van der Waals surface area contributed by atoms with Crippen LogP contribution in [-0.2, 0) is 19.1 Å². The molecule has 148 valence electrons. The van der Waals surface area contributed by atoms with Gasteiger partial charge in [-0.25, -0.2) is 0 Å². The molecule has 0 radical (unpaired) electrons. The van der Waals surface area contributed by atoms with E-state index in [1.165, 1.54) is 6.92 Å². The van der Waals surface area contributed by atoms with Crippen molar-refractivity contribution in [3.05, 3.63) is 53.6 Å². The normalized spacial score (nSPS) is 10.1. The van der Waals surface area contributed by atoms with Gasteiger partial charge in [-0.1, -0.05) is 18.2 Å². The summed E-state index contributed by atoms with van der Waals surface area (Å²) in [6.45, 7) is 5.06. The number of aryl methyl sites for hydroxylation is 2. The summed E-state index contributed by atoms with van der Waals surface area (Å²) in [4.78, 5) is 34.8. The molecule has 2 N–H and O–H groups in total. The molecule has 28 heavy (non-hydrogen) atoms. The topological polar surface area (TPSA) is 93.7 Å². The van der Waals surface area contributed by atoms with Crippen molar-refractivity contribution in [2.45, 2.75) is 27.2 Å². The standard InChI is InChI=1S/C21H24N2O5/c1-14-7-8-15(2)19(11-14)27-10-9-21(26)28-13-20(25)23-18-6-4-5-17(12-18)22-16(3)24/h4-8,11-12H,9-10,13H2,1-3H3,(H,22,24)(H,23,25). The summed E-state index contributed by atoms with van der Waals surface area (Å²) in [6.07, 6.45) is 0.0404. The van der Waals surface area contributed by atoms with Gasteiger partial charge in [-0.15, -0.1) is 0 Å². The lowest BCUT2D eigenvalue weighted by atomic mass is 10.1. The Morgan fingerprint density at radius 1 is 0.964 bits per heavy atom. The molecule has 0 spiro atoms. The minimum absolute atomic E-state index is 0.0404. The molecule has 0 fully saturated rings. The van der Waals surface area contributed by atoms with Gasteiger partial charge >= 0.3 is 5.97 Å². The van der Waals surface area contributed by atoms with Gasteiger partial charge in [0.05, 0.1) is 13.0 Å². The minimum atomic E-state index is -0.521. The van der Waals surface area contributed by atoms with Crippen LogP contribution in [0, 0.1) is 13.8 Å². The van der Waals surface area contributed by atoms with E-state index in [0.29, 0.717) is 11.4 Å². The van der Waals surface area contributed by atoms with E-state index in [2.05, 4.69) is 10.6 Å². The second-order valence-corrected chi connectivity index (χ2v) is 6.34. The van der Waals surface area contributed by atoms with E-state index in [0.717, 1.165) is 16.9 Å². The number of carbonyl (C=O) groups excluding carboxylic acids is 3. The molecular formula is C21H24N2O5. The van der Waals surface area contributed by atoms with E-state index in [9.17, 15) is 14.4 Å². The fourth-order valence-corrected chi connectivity index (χ4v) is 2.40. The van der Waals surface area contributed by atoms with E-state index in [4.69, 9.17) is 9.47 Å². The largest absolute Gasteiger partial charge is 0.493 e. The van der Waals surface area contributed by atoms with Crippen molar-refractivity contribution in [1.29, 1.82) is 0 Å². The van der Waals surface area contributed by atoms with Crippen LogP contribution in [0.25, 0.3) is 0 Å². The molecule has 0 aliphatic rings. The maximum absolute atomic E-state index is 11.9. The number of rotatable bonds is 8. The summed E-state index contributed by atoms with van der Waals surface area (Å²) in [5.41, 5.74) is 3.11. The van der Waals surface area contributed by atoms with Crippen LogP contribution in [-0.4, -0.2) is 31.0 Å². The number of nitrogens with one attached hydrogen (secondary N) is 2. The number of hydrogen-bond donors (Lipinski definition) is 2. The molecule has 0 saturated carbocycles. The first kappa shape index (κ1) is 21.0. The van der Waals surface area contributed by atoms with Crippen LogP contribution in [0.5, 0.6) is 5.75 Å². The van der Waals surface area contributed by atoms with E-state index in [1.54, 1.807) is 24.3 Å². The zero-order valence-electron chi connectivity index (χ0n) is 16.2. The average molecular weight is 384 g/mol. The summed E-state index contributed by atoms with van der Waals surface area (Å²) < 4.78 is 10.6. The lowest BCUT2D eigenvalue weighted by Crippen LogP contribution is -2.21. The van der Waals surface area contributed by atoms with E-state index < -0.39 is 18.5 Å². The SMILES string of the molecule is CC(=O)Nc1cccc(NC(=O)COC(=O)CCOc2cc(C)ccc2C)c1. The smallest absolute Gasteiger partial charge is 0.309 e. The monoisotopic (exact) mass is 384 g/mol. The molecule has 0 saturated heterocycles. The van der Waals surface area contributed by atoms with Crippen LogP contribution in [0.4, 0.5) is 11.4 Å². The van der Waals surface area contributed by atoms with Gasteiger partial charge < -0.3 is 20.1 Å². The molecule has 0 aliphatic heterocycles. The Morgan fingerprint density at radius 2 is 1.68 bits per heavy atom. The summed E-state index contributed by atoms with van der Waals surface area (Å²) in [6, 6.07) is 12.5. The Kier molecular flexibility index (Phi) is 7.56. The molecule has 0 heterocycles. The highest BCUT2D eigenvalue weighted by molar-refractivity contribution is 5.94. The van der Waals surface area contributed by atoms with Crippen LogP contribution in [0.3, 0.4) is 0 Å². The van der Waals surface area contributed by atoms with Crippen LogP contribution >= 0.6 is 0 Å². The Balaban J connectivity index is 1.73. The number of benzene rings is 2. The third-order valence-electron chi connectivity index (χ3n) is 3.74. The fourth-order valence-electron chi connectivity index (χ4n) is 2.40. The molecule has 7 heteroatoms. The molecule has 2 aromatic carbocycles. The van der Waals surface area contributed by atoms with Gasteiger partial charge in [0.15, 0.2) is 6.61 Å². The van der Waals surface area contributed by atoms with E-state index in [1.807, 2.05) is 32.0 Å². The number of amides is 2. The van der Waals surface area contributed by atoms with E-state index >= 15 is 0 Å². The summed E-state index contributed by atoms with van der Waals surface area (Å²) >= 11 is 0. The lowest BCUT2D eigenvalue weighted by molar-refractivity contribution is -0.147. The quantitative estimate of drug-likeness (QED) is 0.682. The van der Waals surface area contributed by atoms with Gasteiger partial charge in [0, 0.05) is 18.3 Å². The van der Waals surface area contributed by atoms with Crippen molar-refractivity contribution >= 4 is 29.2 Å².